The molecule has 0 N–H and O–H groups in total. The fourth-order valence-corrected chi connectivity index (χ4v) is 4.59. The topological polar surface area (TPSA) is 46.6 Å². The van der Waals surface area contributed by atoms with Gasteiger partial charge in [0.15, 0.2) is 9.84 Å². The minimum atomic E-state index is -3.23. The molecule has 1 fully saturated rings. The molecule has 128 valence electrons. The van der Waals surface area contributed by atoms with Gasteiger partial charge in [-0.2, -0.15) is 0 Å². The molecule has 1 aliphatic rings. The van der Waals surface area contributed by atoms with Crippen molar-refractivity contribution in [1.29, 1.82) is 0 Å². The summed E-state index contributed by atoms with van der Waals surface area (Å²) in [5, 5.41) is 0. The maximum atomic E-state index is 12.5. The second-order valence-electron chi connectivity index (χ2n) is 6.10. The summed E-state index contributed by atoms with van der Waals surface area (Å²) in [5.41, 5.74) is 1.20. The fraction of sp³-hybridized carbons (Fsp3) is 0.368. The van der Waals surface area contributed by atoms with Crippen LogP contribution in [0.4, 0.5) is 0 Å². The zero-order valence-electron chi connectivity index (χ0n) is 13.9. The molecule has 0 saturated carbocycles. The van der Waals surface area contributed by atoms with E-state index in [-0.39, 0.29) is 11.8 Å². The predicted octanol–water partition coefficient (Wildman–Crippen LogP) is 3.31. The molecular weight excluding hydrogens is 322 g/mol. The number of ether oxygens (including phenoxy) is 1. The molecule has 2 aromatic carbocycles. The number of methoxy groups -OCH3 is 1. The van der Waals surface area contributed by atoms with Crippen molar-refractivity contribution in [3.63, 3.8) is 0 Å². The Morgan fingerprint density at radius 3 is 2.67 bits per heavy atom. The Morgan fingerprint density at radius 2 is 1.92 bits per heavy atom. The van der Waals surface area contributed by atoms with Crippen LogP contribution in [0.15, 0.2) is 59.5 Å². The van der Waals surface area contributed by atoms with Crippen LogP contribution in [0, 0.1) is 0 Å². The van der Waals surface area contributed by atoms with Gasteiger partial charge in [-0.3, -0.25) is 4.90 Å². The van der Waals surface area contributed by atoms with Gasteiger partial charge in [-0.1, -0.05) is 30.3 Å². The van der Waals surface area contributed by atoms with Gasteiger partial charge in [0, 0.05) is 12.6 Å². The van der Waals surface area contributed by atoms with Gasteiger partial charge in [0.1, 0.15) is 5.75 Å². The predicted molar refractivity (Wildman–Crippen MR) is 95.0 cm³/mol. The number of sulfone groups is 1. The smallest absolute Gasteiger partial charge is 0.179 e. The van der Waals surface area contributed by atoms with Gasteiger partial charge in [0.25, 0.3) is 0 Å². The maximum Gasteiger partial charge on any atom is 0.179 e. The summed E-state index contributed by atoms with van der Waals surface area (Å²) in [6.07, 6.45) is 2.14. The molecule has 0 aliphatic carbocycles. The second-order valence-corrected chi connectivity index (χ2v) is 8.21. The zero-order chi connectivity index (χ0) is 17.0. The van der Waals surface area contributed by atoms with E-state index in [2.05, 4.69) is 17.0 Å². The van der Waals surface area contributed by atoms with Crippen molar-refractivity contribution in [2.75, 3.05) is 26.0 Å². The van der Waals surface area contributed by atoms with E-state index >= 15 is 0 Å². The summed E-state index contributed by atoms with van der Waals surface area (Å²) >= 11 is 0. The lowest BCUT2D eigenvalue weighted by Gasteiger charge is -2.25. The minimum absolute atomic E-state index is 0.150. The van der Waals surface area contributed by atoms with E-state index < -0.39 is 9.84 Å². The summed E-state index contributed by atoms with van der Waals surface area (Å²) in [7, 11) is -1.57. The van der Waals surface area contributed by atoms with E-state index in [0.717, 1.165) is 25.1 Å². The Kier molecular flexibility index (Phi) is 5.21. The van der Waals surface area contributed by atoms with E-state index in [4.69, 9.17) is 4.74 Å². The van der Waals surface area contributed by atoms with Crippen LogP contribution in [-0.2, 0) is 9.84 Å². The summed E-state index contributed by atoms with van der Waals surface area (Å²) in [6.45, 7) is 1.49. The molecule has 1 atom stereocenters. The number of likely N-dealkylation sites (tertiary alicyclic amines) is 1. The molecule has 0 spiro atoms. The molecule has 1 heterocycles. The van der Waals surface area contributed by atoms with Crippen molar-refractivity contribution >= 4 is 9.84 Å². The third kappa shape index (κ3) is 3.79. The van der Waals surface area contributed by atoms with E-state index in [0.29, 0.717) is 11.4 Å². The highest BCUT2D eigenvalue weighted by atomic mass is 32.2. The molecule has 0 radical (unpaired) electrons. The Morgan fingerprint density at radius 1 is 1.12 bits per heavy atom. The van der Waals surface area contributed by atoms with Gasteiger partial charge in [-0.05, 0) is 49.2 Å². The van der Waals surface area contributed by atoms with E-state index in [1.807, 2.05) is 18.2 Å². The van der Waals surface area contributed by atoms with Gasteiger partial charge in [0.2, 0.25) is 0 Å². The first-order chi connectivity index (χ1) is 11.6. The molecule has 2 aromatic rings. The van der Waals surface area contributed by atoms with Crippen LogP contribution in [0.5, 0.6) is 5.75 Å². The Labute approximate surface area is 144 Å². The molecular formula is C19H23NO3S. The first kappa shape index (κ1) is 17.0. The minimum Gasteiger partial charge on any atom is -0.497 e. The van der Waals surface area contributed by atoms with E-state index in [1.165, 1.54) is 5.56 Å². The van der Waals surface area contributed by atoms with Crippen LogP contribution in [0.2, 0.25) is 0 Å². The van der Waals surface area contributed by atoms with Crippen LogP contribution < -0.4 is 4.74 Å². The molecule has 1 aliphatic heterocycles. The van der Waals surface area contributed by atoms with Crippen molar-refractivity contribution in [3.8, 4) is 5.75 Å². The summed E-state index contributed by atoms with van der Waals surface area (Å²) in [5.74, 6) is 0.994. The third-order valence-corrected chi connectivity index (χ3v) is 6.30. The highest BCUT2D eigenvalue weighted by Gasteiger charge is 2.27. The first-order valence-electron chi connectivity index (χ1n) is 8.26. The standard InChI is InChI=1S/C19H23NO3S/c1-23-17-8-5-7-16(15-17)19-11-6-12-20(19)13-14-24(21,22)18-9-3-2-4-10-18/h2-5,7-10,15,19H,6,11-14H2,1H3. The molecule has 0 aromatic heterocycles. The van der Waals surface area contributed by atoms with Crippen LogP contribution >= 0.6 is 0 Å². The molecule has 1 unspecified atom stereocenters. The number of benzene rings is 2. The molecule has 24 heavy (non-hydrogen) atoms. The van der Waals surface area contributed by atoms with Gasteiger partial charge in [0.05, 0.1) is 17.8 Å². The number of nitrogens with zero attached hydrogens (tertiary/aromatic N) is 1. The van der Waals surface area contributed by atoms with Crippen molar-refractivity contribution in [3.05, 3.63) is 60.2 Å². The Balaban J connectivity index is 1.70. The molecule has 1 saturated heterocycles. The van der Waals surface area contributed by atoms with Crippen LogP contribution in [0.25, 0.3) is 0 Å². The van der Waals surface area contributed by atoms with Crippen LogP contribution in [0.1, 0.15) is 24.4 Å². The number of rotatable bonds is 6. The summed E-state index contributed by atoms with van der Waals surface area (Å²) < 4.78 is 30.3. The number of hydrogen-bond donors (Lipinski definition) is 0. The van der Waals surface area contributed by atoms with Gasteiger partial charge in [-0.15, -0.1) is 0 Å². The first-order valence-corrected chi connectivity index (χ1v) is 9.91. The monoisotopic (exact) mass is 345 g/mol. The lowest BCUT2D eigenvalue weighted by Crippen LogP contribution is -2.29. The van der Waals surface area contributed by atoms with Gasteiger partial charge in [-0.25, -0.2) is 8.42 Å². The SMILES string of the molecule is COc1cccc(C2CCCN2CCS(=O)(=O)c2ccccc2)c1. The van der Waals surface area contributed by atoms with Crippen molar-refractivity contribution in [2.24, 2.45) is 0 Å². The maximum absolute atomic E-state index is 12.5. The Hall–Kier alpha value is -1.85. The second kappa shape index (κ2) is 7.36. The van der Waals surface area contributed by atoms with E-state index in [1.54, 1.807) is 31.4 Å². The fourth-order valence-electron chi connectivity index (χ4n) is 3.30. The average Bonchev–Trinajstić information content (AvgIpc) is 3.09. The third-order valence-electron chi connectivity index (χ3n) is 4.59. The Bertz CT molecular complexity index is 774. The molecule has 5 heteroatoms. The van der Waals surface area contributed by atoms with Crippen LogP contribution in [-0.4, -0.2) is 39.3 Å². The number of hydrogen-bond acceptors (Lipinski definition) is 4. The molecule has 0 bridgehead atoms. The molecule has 4 nitrogen and oxygen atoms in total. The van der Waals surface area contributed by atoms with Gasteiger partial charge < -0.3 is 4.74 Å². The highest BCUT2D eigenvalue weighted by molar-refractivity contribution is 7.91. The summed E-state index contributed by atoms with van der Waals surface area (Å²) in [4.78, 5) is 2.68. The average molecular weight is 345 g/mol. The largest absolute Gasteiger partial charge is 0.497 e. The lowest BCUT2D eigenvalue weighted by atomic mass is 10.0. The van der Waals surface area contributed by atoms with Crippen molar-refractivity contribution < 1.29 is 13.2 Å². The van der Waals surface area contributed by atoms with Crippen molar-refractivity contribution in [2.45, 2.75) is 23.8 Å². The zero-order valence-corrected chi connectivity index (χ0v) is 14.7. The van der Waals surface area contributed by atoms with Crippen molar-refractivity contribution in [1.82, 2.24) is 4.90 Å². The lowest BCUT2D eigenvalue weighted by molar-refractivity contribution is 0.271. The molecule has 3 rings (SSSR count). The normalized spacial score (nSPS) is 18.6. The summed E-state index contributed by atoms with van der Waals surface area (Å²) in [6, 6.07) is 17.0. The quantitative estimate of drug-likeness (QED) is 0.806. The highest BCUT2D eigenvalue weighted by Crippen LogP contribution is 2.33. The van der Waals surface area contributed by atoms with E-state index in [9.17, 15) is 8.42 Å². The van der Waals surface area contributed by atoms with Crippen LogP contribution in [0.3, 0.4) is 0 Å². The molecule has 0 amide bonds. The van der Waals surface area contributed by atoms with Gasteiger partial charge >= 0.3 is 0 Å².